The minimum absolute atomic E-state index is 0.157. The molecule has 2 atom stereocenters. The highest BCUT2D eigenvalue weighted by Crippen LogP contribution is 2.31. The Balaban J connectivity index is 1.72. The third-order valence-corrected chi connectivity index (χ3v) is 5.99. The first-order valence-corrected chi connectivity index (χ1v) is 9.41. The summed E-state index contributed by atoms with van der Waals surface area (Å²) < 4.78 is 5.18. The summed E-state index contributed by atoms with van der Waals surface area (Å²) in [5.74, 6) is 0.488. The van der Waals surface area contributed by atoms with Gasteiger partial charge in [-0.25, -0.2) is 4.98 Å². The van der Waals surface area contributed by atoms with Crippen LogP contribution in [0.3, 0.4) is 0 Å². The van der Waals surface area contributed by atoms with Crippen molar-refractivity contribution in [2.45, 2.75) is 45.7 Å². The lowest BCUT2D eigenvalue weighted by molar-refractivity contribution is -0.140. The van der Waals surface area contributed by atoms with E-state index in [0.29, 0.717) is 18.6 Å². The van der Waals surface area contributed by atoms with E-state index in [-0.39, 0.29) is 5.92 Å². The molecule has 3 fully saturated rings. The molecule has 2 bridgehead atoms. The lowest BCUT2D eigenvalue weighted by Crippen LogP contribution is -2.49. The van der Waals surface area contributed by atoms with Crippen molar-refractivity contribution in [2.75, 3.05) is 33.4 Å². The maximum Gasteiger partial charge on any atom is 0.227 e. The molecule has 3 aliphatic heterocycles. The summed E-state index contributed by atoms with van der Waals surface area (Å²) in [7, 11) is 1.70. The van der Waals surface area contributed by atoms with Crippen LogP contribution in [-0.2, 0) is 22.5 Å². The summed E-state index contributed by atoms with van der Waals surface area (Å²) in [6, 6.07) is 0.343. The highest BCUT2D eigenvalue weighted by molar-refractivity contribution is 7.11. The second-order valence-corrected chi connectivity index (χ2v) is 7.89. The standard InChI is InChI=1S/C17H27N3O2S/c1-4-15-16(23-12(2)18-15)11-19-9-13-5-6-14(10-19)20(17(13)21)7-8-22-3/h13-14H,4-11H2,1-3H3/t13-,14+/m0/s1. The normalized spacial score (nSPS) is 25.2. The molecule has 3 aliphatic rings. The number of hydrogen-bond acceptors (Lipinski definition) is 5. The predicted molar refractivity (Wildman–Crippen MR) is 91.6 cm³/mol. The first kappa shape index (κ1) is 16.9. The summed E-state index contributed by atoms with van der Waals surface area (Å²) in [6.45, 7) is 8.40. The maximum absolute atomic E-state index is 12.7. The number of thiazole rings is 1. The molecule has 0 unspecified atom stereocenters. The van der Waals surface area contributed by atoms with Crippen molar-refractivity contribution < 1.29 is 9.53 Å². The third kappa shape index (κ3) is 3.59. The van der Waals surface area contributed by atoms with Gasteiger partial charge in [-0.3, -0.25) is 9.69 Å². The van der Waals surface area contributed by atoms with Crippen LogP contribution in [0.1, 0.15) is 35.3 Å². The first-order chi connectivity index (χ1) is 11.1. The van der Waals surface area contributed by atoms with Gasteiger partial charge in [0.05, 0.1) is 23.2 Å². The Labute approximate surface area is 142 Å². The Kier molecular flexibility index (Phi) is 5.34. The highest BCUT2D eigenvalue weighted by atomic mass is 32.1. The molecule has 0 aliphatic carbocycles. The van der Waals surface area contributed by atoms with Gasteiger partial charge in [-0.15, -0.1) is 11.3 Å². The van der Waals surface area contributed by atoms with Crippen molar-refractivity contribution in [3.05, 3.63) is 15.6 Å². The van der Waals surface area contributed by atoms with Crippen LogP contribution in [0.5, 0.6) is 0 Å². The van der Waals surface area contributed by atoms with E-state index in [9.17, 15) is 4.79 Å². The van der Waals surface area contributed by atoms with Crippen LogP contribution in [0.4, 0.5) is 0 Å². The van der Waals surface area contributed by atoms with Crippen molar-refractivity contribution in [2.24, 2.45) is 5.92 Å². The van der Waals surface area contributed by atoms with Crippen molar-refractivity contribution in [3.63, 3.8) is 0 Å². The van der Waals surface area contributed by atoms with Crippen molar-refractivity contribution in [1.29, 1.82) is 0 Å². The summed E-state index contributed by atoms with van der Waals surface area (Å²) in [6.07, 6.45) is 3.14. The number of hydrogen-bond donors (Lipinski definition) is 0. The van der Waals surface area contributed by atoms with Gasteiger partial charge in [0.15, 0.2) is 0 Å². The van der Waals surface area contributed by atoms with Crippen molar-refractivity contribution >= 4 is 17.2 Å². The number of aromatic nitrogens is 1. The molecule has 3 saturated heterocycles. The summed E-state index contributed by atoms with van der Waals surface area (Å²) in [4.78, 5) is 23.2. The number of nitrogens with zero attached hydrogens (tertiary/aromatic N) is 3. The molecule has 128 valence electrons. The van der Waals surface area contributed by atoms with Crippen LogP contribution in [-0.4, -0.2) is 60.1 Å². The van der Waals surface area contributed by atoms with Crippen LogP contribution in [0, 0.1) is 12.8 Å². The molecule has 1 aromatic rings. The number of fused-ring (bicyclic) bond motifs is 4. The number of ether oxygens (including phenoxy) is 1. The fourth-order valence-electron chi connectivity index (χ4n) is 3.86. The molecule has 0 saturated carbocycles. The average molecular weight is 337 g/mol. The predicted octanol–water partition coefficient (Wildman–Crippen LogP) is 2.08. The van der Waals surface area contributed by atoms with E-state index in [2.05, 4.69) is 28.6 Å². The number of aryl methyl sites for hydroxylation is 2. The Bertz CT molecular complexity index is 560. The average Bonchev–Trinajstić information content (AvgIpc) is 2.69. The van der Waals surface area contributed by atoms with Gasteiger partial charge in [0.25, 0.3) is 0 Å². The molecule has 0 aromatic carbocycles. The first-order valence-electron chi connectivity index (χ1n) is 8.59. The lowest BCUT2D eigenvalue weighted by atomic mass is 9.94. The molecule has 1 aromatic heterocycles. The van der Waals surface area contributed by atoms with E-state index in [0.717, 1.165) is 50.4 Å². The Morgan fingerprint density at radius 3 is 2.91 bits per heavy atom. The van der Waals surface area contributed by atoms with Gasteiger partial charge in [-0.2, -0.15) is 0 Å². The van der Waals surface area contributed by atoms with E-state index in [4.69, 9.17) is 4.74 Å². The molecule has 5 nitrogen and oxygen atoms in total. The molecular formula is C17H27N3O2S. The number of rotatable bonds is 6. The van der Waals surface area contributed by atoms with Gasteiger partial charge < -0.3 is 9.64 Å². The second kappa shape index (κ2) is 7.28. The van der Waals surface area contributed by atoms with Crippen LogP contribution in [0.15, 0.2) is 0 Å². The van der Waals surface area contributed by atoms with Crippen molar-refractivity contribution in [1.82, 2.24) is 14.8 Å². The number of carbonyl (C=O) groups excluding carboxylic acids is 1. The van der Waals surface area contributed by atoms with Gasteiger partial charge in [0, 0.05) is 44.2 Å². The van der Waals surface area contributed by atoms with Gasteiger partial charge in [-0.05, 0) is 26.2 Å². The SMILES string of the molecule is CCc1nc(C)sc1CN1C[C@@H]2CC[C@H](C1)N(CCOC)C2=O. The van der Waals surface area contributed by atoms with E-state index in [1.54, 1.807) is 18.4 Å². The zero-order chi connectivity index (χ0) is 16.4. The van der Waals surface area contributed by atoms with Gasteiger partial charge in [0.2, 0.25) is 5.91 Å². The Morgan fingerprint density at radius 1 is 1.35 bits per heavy atom. The second-order valence-electron chi connectivity index (χ2n) is 6.60. The molecule has 6 heteroatoms. The summed E-state index contributed by atoms with van der Waals surface area (Å²) in [5, 5.41) is 1.15. The minimum atomic E-state index is 0.157. The topological polar surface area (TPSA) is 45.7 Å². The highest BCUT2D eigenvalue weighted by Gasteiger charge is 2.40. The van der Waals surface area contributed by atoms with Crippen molar-refractivity contribution in [3.8, 4) is 0 Å². The van der Waals surface area contributed by atoms with E-state index in [1.807, 2.05) is 0 Å². The third-order valence-electron chi connectivity index (χ3n) is 4.99. The number of methoxy groups -OCH3 is 1. The van der Waals surface area contributed by atoms with Crippen LogP contribution >= 0.6 is 11.3 Å². The monoisotopic (exact) mass is 337 g/mol. The summed E-state index contributed by atoms with van der Waals surface area (Å²) >= 11 is 1.81. The fraction of sp³-hybridized carbons (Fsp3) is 0.765. The van der Waals surface area contributed by atoms with Crippen LogP contribution in [0.25, 0.3) is 0 Å². The molecular weight excluding hydrogens is 310 g/mol. The molecule has 4 rings (SSSR count). The van der Waals surface area contributed by atoms with Crippen LogP contribution < -0.4 is 0 Å². The van der Waals surface area contributed by atoms with E-state index in [1.165, 1.54) is 10.6 Å². The molecule has 4 heterocycles. The zero-order valence-electron chi connectivity index (χ0n) is 14.4. The number of piperidine rings is 1. The van der Waals surface area contributed by atoms with Gasteiger partial charge in [-0.1, -0.05) is 6.92 Å². The van der Waals surface area contributed by atoms with Crippen LogP contribution in [0.2, 0.25) is 0 Å². The maximum atomic E-state index is 12.7. The zero-order valence-corrected chi connectivity index (χ0v) is 15.2. The minimum Gasteiger partial charge on any atom is -0.383 e. The fourth-order valence-corrected chi connectivity index (χ4v) is 4.92. The molecule has 0 spiro atoms. The van der Waals surface area contributed by atoms with E-state index >= 15 is 0 Å². The quantitative estimate of drug-likeness (QED) is 0.797. The van der Waals surface area contributed by atoms with Gasteiger partial charge in [0.1, 0.15) is 0 Å². The van der Waals surface area contributed by atoms with E-state index < -0.39 is 0 Å². The molecule has 23 heavy (non-hydrogen) atoms. The smallest absolute Gasteiger partial charge is 0.227 e. The van der Waals surface area contributed by atoms with Gasteiger partial charge >= 0.3 is 0 Å². The Morgan fingerprint density at radius 2 is 2.17 bits per heavy atom. The number of carbonyl (C=O) groups is 1. The number of amides is 1. The Hall–Kier alpha value is -0.980. The molecule has 1 amide bonds. The largest absolute Gasteiger partial charge is 0.383 e. The molecule has 0 N–H and O–H groups in total. The molecule has 0 radical (unpaired) electrons. The summed E-state index contributed by atoms with van der Waals surface area (Å²) in [5.41, 5.74) is 1.23. The lowest BCUT2D eigenvalue weighted by Gasteiger charge is -2.35.